The van der Waals surface area contributed by atoms with Crippen molar-refractivity contribution in [2.75, 3.05) is 5.73 Å². The lowest BCUT2D eigenvalue weighted by Crippen LogP contribution is -1.92. The van der Waals surface area contributed by atoms with Crippen molar-refractivity contribution in [1.29, 1.82) is 0 Å². The molecule has 0 aliphatic carbocycles. The number of nitrogen functional groups attached to an aromatic ring is 1. The highest BCUT2D eigenvalue weighted by atomic mass is 32.2. The summed E-state index contributed by atoms with van der Waals surface area (Å²) in [6.45, 7) is 0. The van der Waals surface area contributed by atoms with Crippen LogP contribution in [0.3, 0.4) is 0 Å². The van der Waals surface area contributed by atoms with Gasteiger partial charge in [-0.3, -0.25) is 0 Å². The summed E-state index contributed by atoms with van der Waals surface area (Å²) in [7, 11) is 0. The summed E-state index contributed by atoms with van der Waals surface area (Å²) in [6, 6.07) is 6.65. The quantitative estimate of drug-likeness (QED) is 0.504. The fraction of sp³-hybridized carbons (Fsp3) is 0.0909. The summed E-state index contributed by atoms with van der Waals surface area (Å²) >= 11 is 1.53. The third kappa shape index (κ3) is 2.70. The van der Waals surface area contributed by atoms with Gasteiger partial charge in [-0.15, -0.1) is 11.8 Å². The fourth-order valence-electron chi connectivity index (χ4n) is 1.18. The van der Waals surface area contributed by atoms with E-state index in [2.05, 4.69) is 9.97 Å². The largest absolute Gasteiger partial charge is 0.396 e. The normalized spacial score (nSPS) is 10.3. The average Bonchev–Trinajstić information content (AvgIpc) is 2.32. The second kappa shape index (κ2) is 4.94. The Hall–Kier alpha value is -1.62. The van der Waals surface area contributed by atoms with E-state index in [1.165, 1.54) is 24.2 Å². The standard InChI is InChI=1S/C11H10FN3S/c12-9-5-8(1-2-10(9)13)6-16-11-3-4-14-7-15-11/h1-5,7H,6,13H2. The van der Waals surface area contributed by atoms with Gasteiger partial charge in [0.15, 0.2) is 0 Å². The van der Waals surface area contributed by atoms with Crippen LogP contribution in [0.2, 0.25) is 0 Å². The molecule has 2 rings (SSSR count). The van der Waals surface area contributed by atoms with Crippen LogP contribution in [-0.4, -0.2) is 9.97 Å². The minimum absolute atomic E-state index is 0.177. The summed E-state index contributed by atoms with van der Waals surface area (Å²) in [6.07, 6.45) is 3.17. The Morgan fingerprint density at radius 1 is 1.31 bits per heavy atom. The summed E-state index contributed by atoms with van der Waals surface area (Å²) < 4.78 is 13.1. The van der Waals surface area contributed by atoms with Gasteiger partial charge in [-0.05, 0) is 23.8 Å². The van der Waals surface area contributed by atoms with Crippen LogP contribution in [-0.2, 0) is 5.75 Å². The van der Waals surface area contributed by atoms with Gasteiger partial charge in [0.25, 0.3) is 0 Å². The molecule has 0 amide bonds. The predicted octanol–water partition coefficient (Wildman–Crippen LogP) is 2.49. The molecule has 3 nitrogen and oxygen atoms in total. The number of rotatable bonds is 3. The number of aromatic nitrogens is 2. The number of halogens is 1. The minimum atomic E-state index is -0.374. The molecule has 0 bridgehead atoms. The van der Waals surface area contributed by atoms with Gasteiger partial charge in [0.05, 0.1) is 10.7 Å². The van der Waals surface area contributed by atoms with Gasteiger partial charge in [-0.25, -0.2) is 14.4 Å². The maximum atomic E-state index is 13.1. The Bertz CT molecular complexity index is 476. The third-order valence-electron chi connectivity index (χ3n) is 2.01. The van der Waals surface area contributed by atoms with E-state index < -0.39 is 0 Å². The van der Waals surface area contributed by atoms with Crippen LogP contribution >= 0.6 is 11.8 Å². The summed E-state index contributed by atoms with van der Waals surface area (Å²) in [5, 5.41) is 0.868. The SMILES string of the molecule is Nc1ccc(CSc2ccncn2)cc1F. The topological polar surface area (TPSA) is 51.8 Å². The van der Waals surface area contributed by atoms with Crippen molar-refractivity contribution in [3.8, 4) is 0 Å². The number of anilines is 1. The van der Waals surface area contributed by atoms with Gasteiger partial charge < -0.3 is 5.73 Å². The van der Waals surface area contributed by atoms with E-state index in [0.717, 1.165) is 10.6 Å². The highest BCUT2D eigenvalue weighted by Crippen LogP contribution is 2.21. The number of hydrogen-bond donors (Lipinski definition) is 1. The van der Waals surface area contributed by atoms with Gasteiger partial charge in [0.2, 0.25) is 0 Å². The maximum absolute atomic E-state index is 13.1. The van der Waals surface area contributed by atoms with E-state index in [0.29, 0.717) is 5.75 Å². The molecule has 0 unspecified atom stereocenters. The van der Waals surface area contributed by atoms with Gasteiger partial charge in [-0.1, -0.05) is 6.07 Å². The van der Waals surface area contributed by atoms with Gasteiger partial charge in [0, 0.05) is 11.9 Å². The number of hydrogen-bond acceptors (Lipinski definition) is 4. The Morgan fingerprint density at radius 2 is 2.19 bits per heavy atom. The fourth-order valence-corrected chi connectivity index (χ4v) is 1.95. The molecule has 82 valence electrons. The van der Waals surface area contributed by atoms with Crippen molar-refractivity contribution in [1.82, 2.24) is 9.97 Å². The third-order valence-corrected chi connectivity index (χ3v) is 3.02. The first kappa shape index (κ1) is 10.9. The molecule has 0 atom stereocenters. The molecule has 0 radical (unpaired) electrons. The van der Waals surface area contributed by atoms with Crippen LogP contribution in [0.5, 0.6) is 0 Å². The monoisotopic (exact) mass is 235 g/mol. The lowest BCUT2D eigenvalue weighted by atomic mass is 10.2. The molecule has 2 aromatic rings. The molecular formula is C11H10FN3S. The maximum Gasteiger partial charge on any atom is 0.146 e. The van der Waals surface area contributed by atoms with Crippen molar-refractivity contribution in [2.24, 2.45) is 0 Å². The van der Waals surface area contributed by atoms with Gasteiger partial charge in [-0.2, -0.15) is 0 Å². The molecular weight excluding hydrogens is 225 g/mol. The Morgan fingerprint density at radius 3 is 2.88 bits per heavy atom. The molecule has 1 heterocycles. The second-order valence-electron chi connectivity index (χ2n) is 3.19. The number of thioether (sulfide) groups is 1. The molecule has 0 aliphatic heterocycles. The van der Waals surface area contributed by atoms with E-state index in [4.69, 9.17) is 5.73 Å². The van der Waals surface area contributed by atoms with Gasteiger partial charge in [0.1, 0.15) is 12.1 Å². The Kier molecular flexibility index (Phi) is 3.36. The van der Waals surface area contributed by atoms with Crippen molar-refractivity contribution in [2.45, 2.75) is 10.8 Å². The van der Waals surface area contributed by atoms with Crippen LogP contribution in [0.25, 0.3) is 0 Å². The Balaban J connectivity index is 2.03. The van der Waals surface area contributed by atoms with Crippen molar-refractivity contribution in [3.05, 3.63) is 48.2 Å². The molecule has 0 spiro atoms. The van der Waals surface area contributed by atoms with Crippen molar-refractivity contribution >= 4 is 17.4 Å². The summed E-state index contributed by atoms with van der Waals surface area (Å²) in [5.74, 6) is 0.287. The molecule has 2 N–H and O–H groups in total. The number of benzene rings is 1. The molecule has 16 heavy (non-hydrogen) atoms. The van der Waals surface area contributed by atoms with Crippen molar-refractivity contribution in [3.63, 3.8) is 0 Å². The molecule has 0 saturated heterocycles. The molecule has 0 fully saturated rings. The second-order valence-corrected chi connectivity index (χ2v) is 4.19. The number of nitrogens with two attached hydrogens (primary N) is 1. The lowest BCUT2D eigenvalue weighted by Gasteiger charge is -2.02. The molecule has 1 aromatic heterocycles. The first-order valence-corrected chi connectivity index (χ1v) is 5.67. The summed E-state index contributed by atoms with van der Waals surface area (Å²) in [5.41, 5.74) is 6.45. The zero-order valence-corrected chi connectivity index (χ0v) is 9.25. The predicted molar refractivity (Wildman–Crippen MR) is 62.4 cm³/mol. The first-order valence-electron chi connectivity index (χ1n) is 4.68. The van der Waals surface area contributed by atoms with E-state index in [-0.39, 0.29) is 11.5 Å². The van der Waals surface area contributed by atoms with Crippen LogP contribution in [0, 0.1) is 5.82 Å². The lowest BCUT2D eigenvalue weighted by molar-refractivity contribution is 0.631. The molecule has 0 aliphatic rings. The van der Waals surface area contributed by atoms with E-state index in [9.17, 15) is 4.39 Å². The van der Waals surface area contributed by atoms with E-state index >= 15 is 0 Å². The van der Waals surface area contributed by atoms with E-state index in [1.54, 1.807) is 12.3 Å². The molecule has 1 aromatic carbocycles. The zero-order chi connectivity index (χ0) is 11.4. The van der Waals surface area contributed by atoms with Crippen LogP contribution in [0.1, 0.15) is 5.56 Å². The molecule has 0 saturated carbocycles. The van der Waals surface area contributed by atoms with Crippen molar-refractivity contribution < 1.29 is 4.39 Å². The molecule has 5 heteroatoms. The van der Waals surface area contributed by atoms with Crippen LogP contribution in [0.4, 0.5) is 10.1 Å². The minimum Gasteiger partial charge on any atom is -0.396 e. The Labute approximate surface area is 96.9 Å². The first-order chi connectivity index (χ1) is 7.75. The average molecular weight is 235 g/mol. The summed E-state index contributed by atoms with van der Waals surface area (Å²) in [4.78, 5) is 7.89. The highest BCUT2D eigenvalue weighted by molar-refractivity contribution is 7.98. The van der Waals surface area contributed by atoms with Crippen LogP contribution < -0.4 is 5.73 Å². The van der Waals surface area contributed by atoms with E-state index in [1.807, 2.05) is 12.1 Å². The number of nitrogens with zero attached hydrogens (tertiary/aromatic N) is 2. The van der Waals surface area contributed by atoms with Gasteiger partial charge >= 0.3 is 0 Å². The highest BCUT2D eigenvalue weighted by Gasteiger charge is 2.01. The van der Waals surface area contributed by atoms with Crippen LogP contribution in [0.15, 0.2) is 41.8 Å². The smallest absolute Gasteiger partial charge is 0.146 e. The zero-order valence-electron chi connectivity index (χ0n) is 8.43.